The van der Waals surface area contributed by atoms with Crippen LogP contribution in [0.5, 0.6) is 5.75 Å². The Morgan fingerprint density at radius 2 is 1.71 bits per heavy atom. The highest BCUT2D eigenvalue weighted by Crippen LogP contribution is 2.34. The Bertz CT molecular complexity index is 845. The maximum atomic E-state index is 13.2. The molecule has 2 rings (SSSR count). The van der Waals surface area contributed by atoms with Crippen LogP contribution in [0.1, 0.15) is 43.2 Å². The third kappa shape index (κ3) is 3.22. The van der Waals surface area contributed by atoms with Gasteiger partial charge >= 0.3 is 6.18 Å². The van der Waals surface area contributed by atoms with Crippen molar-refractivity contribution in [3.63, 3.8) is 0 Å². The van der Waals surface area contributed by atoms with Crippen LogP contribution >= 0.6 is 0 Å². The van der Waals surface area contributed by atoms with Gasteiger partial charge in [0.25, 0.3) is 5.91 Å². The lowest BCUT2D eigenvalue weighted by atomic mass is 9.97. The molecule has 1 aromatic carbocycles. The van der Waals surface area contributed by atoms with Gasteiger partial charge in [-0.3, -0.25) is 9.59 Å². The van der Waals surface area contributed by atoms with Gasteiger partial charge in [0.15, 0.2) is 11.5 Å². The summed E-state index contributed by atoms with van der Waals surface area (Å²) < 4.78 is 39.7. The zero-order chi connectivity index (χ0) is 18.2. The monoisotopic (exact) mass is 338 g/mol. The van der Waals surface area contributed by atoms with E-state index in [2.05, 4.69) is 4.98 Å². The molecule has 0 unspecified atom stereocenters. The Hall–Kier alpha value is -2.90. The predicted octanol–water partition coefficient (Wildman–Crippen LogP) is 2.75. The normalized spacial score (nSPS) is 11.4. The average molecular weight is 338 g/mol. The van der Waals surface area contributed by atoms with E-state index in [1.807, 2.05) is 0 Å². The summed E-state index contributed by atoms with van der Waals surface area (Å²) in [6, 6.07) is 4.71. The van der Waals surface area contributed by atoms with Crippen LogP contribution in [0.15, 0.2) is 24.3 Å². The van der Waals surface area contributed by atoms with E-state index < -0.39 is 34.9 Å². The molecule has 1 amide bonds. The number of phenolic OH excluding ortho intramolecular Hbond substituents is 1. The van der Waals surface area contributed by atoms with Gasteiger partial charge in [-0.15, -0.1) is 0 Å². The number of halogens is 3. The van der Waals surface area contributed by atoms with Gasteiger partial charge in [-0.1, -0.05) is 11.6 Å². The van der Waals surface area contributed by atoms with Gasteiger partial charge in [-0.25, -0.2) is 4.98 Å². The summed E-state index contributed by atoms with van der Waals surface area (Å²) in [5.41, 5.74) is 2.56. The number of hydrogen-bond donors (Lipinski definition) is 2. The van der Waals surface area contributed by atoms with E-state index in [-0.39, 0.29) is 16.8 Å². The number of aryl methyl sites for hydroxylation is 2. The molecule has 24 heavy (non-hydrogen) atoms. The number of pyridine rings is 1. The predicted molar refractivity (Wildman–Crippen MR) is 78.8 cm³/mol. The lowest BCUT2D eigenvalue weighted by Gasteiger charge is -2.14. The van der Waals surface area contributed by atoms with E-state index in [0.717, 1.165) is 6.07 Å². The van der Waals surface area contributed by atoms with Crippen molar-refractivity contribution < 1.29 is 27.9 Å². The van der Waals surface area contributed by atoms with Crippen molar-refractivity contribution in [2.45, 2.75) is 20.0 Å². The van der Waals surface area contributed by atoms with Crippen molar-refractivity contribution in [1.29, 1.82) is 0 Å². The number of aromatic hydroxyl groups is 1. The van der Waals surface area contributed by atoms with Gasteiger partial charge < -0.3 is 10.8 Å². The summed E-state index contributed by atoms with van der Waals surface area (Å²) in [6.07, 6.45) is -4.91. The molecule has 8 heteroatoms. The average Bonchev–Trinajstić information content (AvgIpc) is 2.47. The van der Waals surface area contributed by atoms with Crippen molar-refractivity contribution in [3.8, 4) is 5.75 Å². The fourth-order valence-corrected chi connectivity index (χ4v) is 2.22. The summed E-state index contributed by atoms with van der Waals surface area (Å²) in [4.78, 5) is 27.2. The quantitative estimate of drug-likeness (QED) is 0.842. The molecule has 1 aromatic heterocycles. The number of benzene rings is 1. The minimum Gasteiger partial charge on any atom is -0.507 e. The second-order valence-corrected chi connectivity index (χ2v) is 5.23. The first-order chi connectivity index (χ1) is 11.0. The number of hydrogen-bond acceptors (Lipinski definition) is 4. The number of ketones is 1. The molecule has 0 atom stereocenters. The fraction of sp³-hybridized carbons (Fsp3) is 0.188. The van der Waals surface area contributed by atoms with Crippen LogP contribution in [-0.2, 0) is 6.18 Å². The third-order valence-corrected chi connectivity index (χ3v) is 3.39. The van der Waals surface area contributed by atoms with Crippen LogP contribution < -0.4 is 5.73 Å². The largest absolute Gasteiger partial charge is 0.507 e. The molecule has 0 saturated heterocycles. The number of aromatic nitrogens is 1. The number of rotatable bonds is 3. The number of carbonyl (C=O) groups is 2. The maximum absolute atomic E-state index is 13.2. The Morgan fingerprint density at radius 3 is 2.25 bits per heavy atom. The smallest absolute Gasteiger partial charge is 0.434 e. The van der Waals surface area contributed by atoms with Crippen LogP contribution in [0.25, 0.3) is 0 Å². The first kappa shape index (κ1) is 17.5. The van der Waals surface area contributed by atoms with E-state index in [1.165, 1.54) is 25.1 Å². The van der Waals surface area contributed by atoms with Crippen molar-refractivity contribution in [2.24, 2.45) is 5.73 Å². The zero-order valence-electron chi connectivity index (χ0n) is 12.7. The molecule has 0 aliphatic heterocycles. The molecule has 0 bridgehead atoms. The molecule has 0 saturated carbocycles. The van der Waals surface area contributed by atoms with Gasteiger partial charge in [0.05, 0.1) is 22.4 Å². The van der Waals surface area contributed by atoms with Gasteiger partial charge in [0.1, 0.15) is 5.75 Å². The number of nitrogens with two attached hydrogens (primary N) is 1. The minimum atomic E-state index is -4.91. The Kier molecular flexibility index (Phi) is 4.33. The highest BCUT2D eigenvalue weighted by molar-refractivity contribution is 6.12. The summed E-state index contributed by atoms with van der Waals surface area (Å²) in [7, 11) is 0. The van der Waals surface area contributed by atoms with E-state index in [1.54, 1.807) is 6.92 Å². The number of alkyl halides is 3. The minimum absolute atomic E-state index is 0.236. The van der Waals surface area contributed by atoms with Crippen molar-refractivity contribution >= 4 is 11.7 Å². The van der Waals surface area contributed by atoms with Crippen LogP contribution in [0, 0.1) is 13.8 Å². The molecule has 0 fully saturated rings. The topological polar surface area (TPSA) is 93.3 Å². The fourth-order valence-electron chi connectivity index (χ4n) is 2.22. The van der Waals surface area contributed by atoms with E-state index in [9.17, 15) is 27.9 Å². The number of primary amides is 1. The number of amides is 1. The summed E-state index contributed by atoms with van der Waals surface area (Å²) >= 11 is 0. The van der Waals surface area contributed by atoms with Crippen LogP contribution in [0.3, 0.4) is 0 Å². The zero-order valence-corrected chi connectivity index (χ0v) is 12.7. The molecule has 5 nitrogen and oxygen atoms in total. The van der Waals surface area contributed by atoms with Crippen LogP contribution in [-0.4, -0.2) is 21.8 Å². The van der Waals surface area contributed by atoms with Gasteiger partial charge in [0, 0.05) is 0 Å². The van der Waals surface area contributed by atoms with Crippen molar-refractivity contribution in [2.75, 3.05) is 0 Å². The summed E-state index contributed by atoms with van der Waals surface area (Å²) in [5, 5.41) is 9.78. The molecule has 0 spiro atoms. The molecule has 1 heterocycles. The standard InChI is InChI=1S/C16H13F3N2O3/c1-7-3-4-12(22)10(5-7)13(23)11-6-9(15(20)24)8(2)21-14(11)16(17,18)19/h3-6,22H,1-2H3,(H2,20,24). The molecule has 0 radical (unpaired) electrons. The van der Waals surface area contributed by atoms with Crippen molar-refractivity contribution in [3.05, 3.63) is 57.9 Å². The molecule has 0 aliphatic rings. The lowest BCUT2D eigenvalue weighted by Crippen LogP contribution is -2.21. The molecule has 2 aromatic rings. The SMILES string of the molecule is Cc1ccc(O)c(C(=O)c2cc(C(N)=O)c(C)nc2C(F)(F)F)c1. The Balaban J connectivity index is 2.75. The van der Waals surface area contributed by atoms with Crippen LogP contribution in [0.2, 0.25) is 0 Å². The maximum Gasteiger partial charge on any atom is 0.434 e. The number of carbonyl (C=O) groups excluding carboxylic acids is 2. The van der Waals surface area contributed by atoms with Gasteiger partial charge in [0.2, 0.25) is 0 Å². The first-order valence-corrected chi connectivity index (χ1v) is 6.75. The number of nitrogens with zero attached hydrogens (tertiary/aromatic N) is 1. The van der Waals surface area contributed by atoms with Crippen molar-refractivity contribution in [1.82, 2.24) is 4.98 Å². The second-order valence-electron chi connectivity index (χ2n) is 5.23. The van der Waals surface area contributed by atoms with E-state index in [4.69, 9.17) is 5.73 Å². The van der Waals surface area contributed by atoms with Gasteiger partial charge in [-0.05, 0) is 32.0 Å². The highest BCUT2D eigenvalue weighted by atomic mass is 19.4. The van der Waals surface area contributed by atoms with E-state index in [0.29, 0.717) is 5.56 Å². The molecule has 0 aliphatic carbocycles. The molecule has 126 valence electrons. The molecular weight excluding hydrogens is 325 g/mol. The van der Waals surface area contributed by atoms with Gasteiger partial charge in [-0.2, -0.15) is 13.2 Å². The lowest BCUT2D eigenvalue weighted by molar-refractivity contribution is -0.141. The number of phenols is 1. The third-order valence-electron chi connectivity index (χ3n) is 3.39. The Labute approximate surface area is 134 Å². The van der Waals surface area contributed by atoms with E-state index >= 15 is 0 Å². The molecular formula is C16H13F3N2O3. The summed E-state index contributed by atoms with van der Waals surface area (Å²) in [5.74, 6) is -2.57. The van der Waals surface area contributed by atoms with Crippen LogP contribution in [0.4, 0.5) is 13.2 Å². The first-order valence-electron chi connectivity index (χ1n) is 6.75. The highest BCUT2D eigenvalue weighted by Gasteiger charge is 2.38. The molecule has 3 N–H and O–H groups in total. The second kappa shape index (κ2) is 5.95. The summed E-state index contributed by atoms with van der Waals surface area (Å²) in [6.45, 7) is 2.80. The Morgan fingerprint density at radius 1 is 1.08 bits per heavy atom.